The van der Waals surface area contributed by atoms with Crippen LogP contribution in [0.4, 0.5) is 4.79 Å². The van der Waals surface area contributed by atoms with Crippen LogP contribution in [0, 0.1) is 6.92 Å². The fraction of sp³-hybridized carbons (Fsp3) is 0.375. The topological polar surface area (TPSA) is 31.2 Å². The van der Waals surface area contributed by atoms with E-state index in [1.807, 2.05) is 13.0 Å². The van der Waals surface area contributed by atoms with Crippen LogP contribution in [0.25, 0.3) is 0 Å². The summed E-state index contributed by atoms with van der Waals surface area (Å²) in [4.78, 5) is 11.0. The lowest BCUT2D eigenvalue weighted by Gasteiger charge is -1.99. The first-order valence-electron chi connectivity index (χ1n) is 3.55. The Kier molecular flexibility index (Phi) is 2.31. The monoisotopic (exact) mass is 153 g/mol. The lowest BCUT2D eigenvalue weighted by atomic mass is 10.4. The molecule has 0 atom stereocenters. The quantitative estimate of drug-likeness (QED) is 0.616. The van der Waals surface area contributed by atoms with Gasteiger partial charge in [-0.05, 0) is 25.5 Å². The maximum Gasteiger partial charge on any atom is 0.417 e. The summed E-state index contributed by atoms with van der Waals surface area (Å²) >= 11 is 0. The predicted octanol–water partition coefficient (Wildman–Crippen LogP) is 1.80. The number of hydrogen-bond acceptors (Lipinski definition) is 2. The van der Waals surface area contributed by atoms with Crippen molar-refractivity contribution < 1.29 is 9.53 Å². The van der Waals surface area contributed by atoms with E-state index in [0.29, 0.717) is 6.61 Å². The molecule has 60 valence electrons. The van der Waals surface area contributed by atoms with Crippen molar-refractivity contribution in [1.82, 2.24) is 4.57 Å². The van der Waals surface area contributed by atoms with Crippen LogP contribution in [-0.4, -0.2) is 17.3 Å². The summed E-state index contributed by atoms with van der Waals surface area (Å²) in [6, 6.07) is 1.86. The van der Waals surface area contributed by atoms with Gasteiger partial charge in [-0.2, -0.15) is 0 Å². The van der Waals surface area contributed by atoms with E-state index in [1.165, 1.54) is 4.57 Å². The molecule has 0 bridgehead atoms. The van der Waals surface area contributed by atoms with Crippen molar-refractivity contribution in [1.29, 1.82) is 0 Å². The summed E-state index contributed by atoms with van der Waals surface area (Å²) in [5.74, 6) is 0. The van der Waals surface area contributed by atoms with Gasteiger partial charge in [-0.1, -0.05) is 0 Å². The average molecular weight is 153 g/mol. The van der Waals surface area contributed by atoms with Crippen molar-refractivity contribution in [2.24, 2.45) is 0 Å². The fourth-order valence-electron chi connectivity index (χ4n) is 0.815. The Morgan fingerprint density at radius 1 is 1.73 bits per heavy atom. The van der Waals surface area contributed by atoms with E-state index >= 15 is 0 Å². The largest absolute Gasteiger partial charge is 0.449 e. The molecule has 0 amide bonds. The summed E-state index contributed by atoms with van der Waals surface area (Å²) in [6.07, 6.45) is 3.10. The number of carbonyl (C=O) groups excluding carboxylic acids is 1. The van der Waals surface area contributed by atoms with Crippen molar-refractivity contribution in [3.05, 3.63) is 24.0 Å². The molecule has 11 heavy (non-hydrogen) atoms. The number of aryl methyl sites for hydroxylation is 1. The number of ether oxygens (including phenoxy) is 1. The van der Waals surface area contributed by atoms with Gasteiger partial charge >= 0.3 is 6.09 Å². The first-order chi connectivity index (χ1) is 5.24. The Hall–Kier alpha value is -1.25. The van der Waals surface area contributed by atoms with Crippen molar-refractivity contribution >= 4 is 6.09 Å². The molecule has 0 spiro atoms. The minimum absolute atomic E-state index is 0.319. The van der Waals surface area contributed by atoms with Gasteiger partial charge in [0, 0.05) is 12.4 Å². The maximum atomic E-state index is 11.0. The second-order valence-corrected chi connectivity index (χ2v) is 2.30. The molecular weight excluding hydrogens is 142 g/mol. The molecule has 0 unspecified atom stereocenters. The van der Waals surface area contributed by atoms with E-state index in [4.69, 9.17) is 4.74 Å². The van der Waals surface area contributed by atoms with Crippen molar-refractivity contribution in [2.45, 2.75) is 13.8 Å². The molecule has 3 nitrogen and oxygen atoms in total. The standard InChI is InChI=1S/C8H11NO2/c1-3-11-8(10)9-5-4-7(2)6-9/h4-6H,3H2,1-2H3. The van der Waals surface area contributed by atoms with E-state index in [-0.39, 0.29) is 6.09 Å². The molecule has 1 rings (SSSR count). The Morgan fingerprint density at radius 3 is 2.91 bits per heavy atom. The highest BCUT2D eigenvalue weighted by Gasteiger charge is 2.02. The minimum atomic E-state index is -0.319. The lowest BCUT2D eigenvalue weighted by molar-refractivity contribution is 0.154. The average Bonchev–Trinajstić information content (AvgIpc) is 2.36. The van der Waals surface area contributed by atoms with Crippen molar-refractivity contribution in [3.63, 3.8) is 0 Å². The predicted molar refractivity (Wildman–Crippen MR) is 41.6 cm³/mol. The highest BCUT2D eigenvalue weighted by atomic mass is 16.5. The maximum absolute atomic E-state index is 11.0. The summed E-state index contributed by atoms with van der Waals surface area (Å²) in [5.41, 5.74) is 1.05. The Balaban J connectivity index is 2.69. The number of hydrogen-bond donors (Lipinski definition) is 0. The molecule has 3 heteroatoms. The zero-order chi connectivity index (χ0) is 8.27. The molecule has 1 aromatic rings. The van der Waals surface area contributed by atoms with Gasteiger partial charge in [-0.3, -0.25) is 4.57 Å². The first kappa shape index (κ1) is 7.85. The molecule has 0 radical (unpaired) electrons. The molecule has 0 N–H and O–H groups in total. The SMILES string of the molecule is CCOC(=O)n1ccc(C)c1. The summed E-state index contributed by atoms with van der Waals surface area (Å²) in [5, 5.41) is 0. The molecular formula is C8H11NO2. The Bertz CT molecular complexity index is 252. The van der Waals surface area contributed by atoms with Crippen molar-refractivity contribution in [3.8, 4) is 0 Å². The Labute approximate surface area is 65.6 Å². The summed E-state index contributed by atoms with van der Waals surface area (Å²) in [6.45, 7) is 4.13. The van der Waals surface area contributed by atoms with Gasteiger partial charge in [0.15, 0.2) is 0 Å². The molecule has 0 aliphatic carbocycles. The number of carbonyl (C=O) groups is 1. The van der Waals surface area contributed by atoms with Crippen molar-refractivity contribution in [2.75, 3.05) is 6.61 Å². The minimum Gasteiger partial charge on any atom is -0.449 e. The molecule has 0 saturated carbocycles. The van der Waals surface area contributed by atoms with Gasteiger partial charge in [0.2, 0.25) is 0 Å². The van der Waals surface area contributed by atoms with Crippen LogP contribution in [0.2, 0.25) is 0 Å². The van der Waals surface area contributed by atoms with Crippen LogP contribution in [0.5, 0.6) is 0 Å². The number of nitrogens with zero attached hydrogens (tertiary/aromatic N) is 1. The van der Waals surface area contributed by atoms with Gasteiger partial charge in [-0.15, -0.1) is 0 Å². The van der Waals surface area contributed by atoms with Crippen LogP contribution < -0.4 is 0 Å². The highest BCUT2D eigenvalue weighted by molar-refractivity contribution is 5.70. The van der Waals surface area contributed by atoms with Crippen LogP contribution in [0.3, 0.4) is 0 Å². The van der Waals surface area contributed by atoms with E-state index in [1.54, 1.807) is 19.3 Å². The second kappa shape index (κ2) is 3.23. The van der Waals surface area contributed by atoms with Gasteiger partial charge in [0.05, 0.1) is 6.61 Å². The number of aromatic nitrogens is 1. The van der Waals surface area contributed by atoms with E-state index in [9.17, 15) is 4.79 Å². The molecule has 1 heterocycles. The lowest BCUT2D eigenvalue weighted by Crippen LogP contribution is -2.10. The van der Waals surface area contributed by atoms with Crippen LogP contribution >= 0.6 is 0 Å². The molecule has 0 aliphatic rings. The van der Waals surface area contributed by atoms with Gasteiger partial charge in [0.1, 0.15) is 0 Å². The fourth-order valence-corrected chi connectivity index (χ4v) is 0.815. The van der Waals surface area contributed by atoms with E-state index in [0.717, 1.165) is 5.56 Å². The third kappa shape index (κ3) is 1.83. The van der Waals surface area contributed by atoms with Crippen LogP contribution in [0.15, 0.2) is 18.5 Å². The smallest absolute Gasteiger partial charge is 0.417 e. The van der Waals surface area contributed by atoms with E-state index in [2.05, 4.69) is 0 Å². The first-order valence-corrected chi connectivity index (χ1v) is 3.55. The highest BCUT2D eigenvalue weighted by Crippen LogP contribution is 1.99. The molecule has 0 saturated heterocycles. The van der Waals surface area contributed by atoms with Gasteiger partial charge < -0.3 is 4.74 Å². The summed E-state index contributed by atoms with van der Waals surface area (Å²) < 4.78 is 6.19. The third-order valence-electron chi connectivity index (χ3n) is 1.32. The molecule has 0 aliphatic heterocycles. The normalized spacial score (nSPS) is 9.64. The summed E-state index contributed by atoms with van der Waals surface area (Å²) in [7, 11) is 0. The zero-order valence-corrected chi connectivity index (χ0v) is 6.70. The van der Waals surface area contributed by atoms with Gasteiger partial charge in [0.25, 0.3) is 0 Å². The third-order valence-corrected chi connectivity index (χ3v) is 1.32. The molecule has 1 aromatic heterocycles. The van der Waals surface area contributed by atoms with Crippen LogP contribution in [0.1, 0.15) is 12.5 Å². The second-order valence-electron chi connectivity index (χ2n) is 2.30. The van der Waals surface area contributed by atoms with Gasteiger partial charge in [-0.25, -0.2) is 4.79 Å². The van der Waals surface area contributed by atoms with Crippen LogP contribution in [-0.2, 0) is 4.74 Å². The number of rotatable bonds is 1. The molecule has 0 fully saturated rings. The zero-order valence-electron chi connectivity index (χ0n) is 6.70. The molecule has 0 aromatic carbocycles. The Morgan fingerprint density at radius 2 is 2.45 bits per heavy atom. The van der Waals surface area contributed by atoms with E-state index < -0.39 is 0 Å².